The van der Waals surface area contributed by atoms with Crippen LogP contribution >= 0.6 is 11.8 Å². The average Bonchev–Trinajstić information content (AvgIpc) is 2.43. The fraction of sp³-hybridized carbons (Fsp3) is 0.0769. The van der Waals surface area contributed by atoms with E-state index in [1.807, 2.05) is 0 Å². The summed E-state index contributed by atoms with van der Waals surface area (Å²) in [5.74, 6) is -0.344. The fourth-order valence-electron chi connectivity index (χ4n) is 1.55. The first-order valence-electron chi connectivity index (χ1n) is 5.69. The van der Waals surface area contributed by atoms with Crippen LogP contribution in [0.5, 0.6) is 0 Å². The zero-order valence-electron chi connectivity index (χ0n) is 10.6. The Labute approximate surface area is 121 Å². The number of rotatable bonds is 4. The summed E-state index contributed by atoms with van der Waals surface area (Å²) < 4.78 is 39.1. The largest absolute Gasteiger partial charge is 0.398 e. The molecule has 20 heavy (non-hydrogen) atoms. The van der Waals surface area contributed by atoms with Gasteiger partial charge in [0.15, 0.2) is 0 Å². The molecule has 0 bridgehead atoms. The molecule has 0 saturated heterocycles. The van der Waals surface area contributed by atoms with E-state index in [0.717, 1.165) is 11.8 Å². The highest BCUT2D eigenvalue weighted by molar-refractivity contribution is 7.99. The van der Waals surface area contributed by atoms with Crippen LogP contribution in [0.2, 0.25) is 0 Å². The van der Waals surface area contributed by atoms with Gasteiger partial charge in [0, 0.05) is 15.5 Å². The molecule has 0 heterocycles. The molecule has 0 fully saturated rings. The van der Waals surface area contributed by atoms with Gasteiger partial charge in [-0.1, -0.05) is 23.9 Å². The third-order valence-corrected chi connectivity index (χ3v) is 5.17. The molecular weight excluding hydrogens is 299 g/mol. The first-order chi connectivity index (χ1) is 9.44. The SMILES string of the molecule is CNS(=O)(=O)c1ccc(Sc2ccccc2F)c(N)c1. The topological polar surface area (TPSA) is 72.2 Å². The summed E-state index contributed by atoms with van der Waals surface area (Å²) in [7, 11) is -2.20. The lowest BCUT2D eigenvalue weighted by Crippen LogP contribution is -2.18. The predicted octanol–water partition coefficient (Wildman–Crippen LogP) is 2.47. The lowest BCUT2D eigenvalue weighted by Gasteiger charge is -2.09. The van der Waals surface area contributed by atoms with Crippen molar-refractivity contribution in [1.29, 1.82) is 0 Å². The number of halogens is 1. The molecule has 0 amide bonds. The molecule has 106 valence electrons. The summed E-state index contributed by atoms with van der Waals surface area (Å²) in [6, 6.07) is 10.7. The second-order valence-electron chi connectivity index (χ2n) is 3.94. The van der Waals surface area contributed by atoms with Crippen LogP contribution < -0.4 is 10.5 Å². The lowest BCUT2D eigenvalue weighted by molar-refractivity contribution is 0.588. The van der Waals surface area contributed by atoms with Crippen LogP contribution in [0.25, 0.3) is 0 Å². The van der Waals surface area contributed by atoms with Crippen molar-refractivity contribution in [2.45, 2.75) is 14.7 Å². The van der Waals surface area contributed by atoms with Crippen LogP contribution in [0, 0.1) is 5.82 Å². The van der Waals surface area contributed by atoms with Gasteiger partial charge in [-0.15, -0.1) is 0 Å². The second kappa shape index (κ2) is 5.82. The van der Waals surface area contributed by atoms with Crippen molar-refractivity contribution in [3.05, 3.63) is 48.3 Å². The van der Waals surface area contributed by atoms with Crippen LogP contribution in [-0.2, 0) is 10.0 Å². The van der Waals surface area contributed by atoms with Crippen molar-refractivity contribution < 1.29 is 12.8 Å². The highest BCUT2D eigenvalue weighted by Gasteiger charge is 2.14. The summed E-state index contributed by atoms with van der Waals surface area (Å²) in [4.78, 5) is 1.11. The second-order valence-corrected chi connectivity index (χ2v) is 6.91. The van der Waals surface area contributed by atoms with E-state index in [2.05, 4.69) is 4.72 Å². The molecule has 0 aromatic heterocycles. The van der Waals surface area contributed by atoms with E-state index in [0.29, 0.717) is 9.79 Å². The Kier molecular flexibility index (Phi) is 4.32. The Morgan fingerprint density at radius 1 is 1.15 bits per heavy atom. The van der Waals surface area contributed by atoms with Gasteiger partial charge < -0.3 is 5.73 Å². The Hall–Kier alpha value is -1.57. The predicted molar refractivity (Wildman–Crippen MR) is 77.6 cm³/mol. The van der Waals surface area contributed by atoms with Crippen molar-refractivity contribution in [1.82, 2.24) is 4.72 Å². The van der Waals surface area contributed by atoms with Gasteiger partial charge in [-0.2, -0.15) is 0 Å². The Morgan fingerprint density at radius 2 is 1.85 bits per heavy atom. The number of hydrogen-bond donors (Lipinski definition) is 2. The summed E-state index contributed by atoms with van der Waals surface area (Å²) >= 11 is 1.15. The van der Waals surface area contributed by atoms with Gasteiger partial charge in [0.1, 0.15) is 5.82 Å². The summed E-state index contributed by atoms with van der Waals surface area (Å²) in [6.45, 7) is 0. The fourth-order valence-corrected chi connectivity index (χ4v) is 3.18. The van der Waals surface area contributed by atoms with Gasteiger partial charge in [-0.25, -0.2) is 17.5 Å². The summed E-state index contributed by atoms with van der Waals surface area (Å²) in [5, 5.41) is 0. The average molecular weight is 312 g/mol. The molecule has 4 nitrogen and oxygen atoms in total. The van der Waals surface area contributed by atoms with Gasteiger partial charge in [0.05, 0.1) is 4.90 Å². The maximum absolute atomic E-state index is 13.6. The van der Waals surface area contributed by atoms with E-state index < -0.39 is 10.0 Å². The molecule has 0 aliphatic heterocycles. The molecule has 7 heteroatoms. The molecular formula is C13H13FN2O2S2. The van der Waals surface area contributed by atoms with E-state index in [4.69, 9.17) is 5.73 Å². The number of anilines is 1. The van der Waals surface area contributed by atoms with Crippen LogP contribution in [0.1, 0.15) is 0 Å². The van der Waals surface area contributed by atoms with Gasteiger partial charge in [0.25, 0.3) is 0 Å². The van der Waals surface area contributed by atoms with Crippen molar-refractivity contribution >= 4 is 27.5 Å². The standard InChI is InChI=1S/C13H13FN2O2S2/c1-16-20(17,18)9-6-7-13(11(15)8-9)19-12-5-3-2-4-10(12)14/h2-8,16H,15H2,1H3. The van der Waals surface area contributed by atoms with E-state index in [1.54, 1.807) is 24.3 Å². The van der Waals surface area contributed by atoms with Gasteiger partial charge in [0.2, 0.25) is 10.0 Å². The molecule has 3 N–H and O–H groups in total. The minimum atomic E-state index is -3.53. The number of nitrogens with one attached hydrogen (secondary N) is 1. The number of nitrogens with two attached hydrogens (primary N) is 1. The molecule has 0 radical (unpaired) electrons. The normalized spacial score (nSPS) is 11.5. The third kappa shape index (κ3) is 3.12. The molecule has 2 rings (SSSR count). The third-order valence-electron chi connectivity index (χ3n) is 2.62. The van der Waals surface area contributed by atoms with Crippen molar-refractivity contribution in [2.75, 3.05) is 12.8 Å². The van der Waals surface area contributed by atoms with Crippen molar-refractivity contribution in [2.24, 2.45) is 0 Å². The maximum Gasteiger partial charge on any atom is 0.240 e. The molecule has 2 aromatic carbocycles. The van der Waals surface area contributed by atoms with E-state index >= 15 is 0 Å². The quantitative estimate of drug-likeness (QED) is 0.851. The molecule has 0 saturated carbocycles. The number of nitrogen functional groups attached to an aromatic ring is 1. The summed E-state index contributed by atoms with van der Waals surface area (Å²) in [5.41, 5.74) is 6.12. The Bertz CT molecular complexity index is 733. The van der Waals surface area contributed by atoms with E-state index in [-0.39, 0.29) is 16.4 Å². The number of sulfonamides is 1. The molecule has 0 unspecified atom stereocenters. The van der Waals surface area contributed by atoms with E-state index in [9.17, 15) is 12.8 Å². The zero-order valence-corrected chi connectivity index (χ0v) is 12.3. The minimum absolute atomic E-state index is 0.0791. The smallest absolute Gasteiger partial charge is 0.240 e. The molecule has 0 atom stereocenters. The molecule has 0 spiro atoms. The monoisotopic (exact) mass is 312 g/mol. The van der Waals surface area contributed by atoms with Crippen LogP contribution in [-0.4, -0.2) is 15.5 Å². The molecule has 0 aliphatic carbocycles. The van der Waals surface area contributed by atoms with Gasteiger partial charge in [-0.3, -0.25) is 0 Å². The number of benzene rings is 2. The van der Waals surface area contributed by atoms with Crippen LogP contribution in [0.15, 0.2) is 57.2 Å². The van der Waals surface area contributed by atoms with Crippen molar-refractivity contribution in [3.8, 4) is 0 Å². The highest BCUT2D eigenvalue weighted by Crippen LogP contribution is 2.34. The summed E-state index contributed by atoms with van der Waals surface area (Å²) in [6.07, 6.45) is 0. The van der Waals surface area contributed by atoms with Gasteiger partial charge >= 0.3 is 0 Å². The zero-order chi connectivity index (χ0) is 14.8. The van der Waals surface area contributed by atoms with Crippen molar-refractivity contribution in [3.63, 3.8) is 0 Å². The minimum Gasteiger partial charge on any atom is -0.398 e. The van der Waals surface area contributed by atoms with E-state index in [1.165, 1.54) is 25.2 Å². The lowest BCUT2D eigenvalue weighted by atomic mass is 10.3. The molecule has 0 aliphatic rings. The molecule has 2 aromatic rings. The van der Waals surface area contributed by atoms with Crippen LogP contribution in [0.4, 0.5) is 10.1 Å². The Balaban J connectivity index is 2.34. The highest BCUT2D eigenvalue weighted by atomic mass is 32.2. The number of hydrogen-bond acceptors (Lipinski definition) is 4. The first kappa shape index (κ1) is 14.8. The van der Waals surface area contributed by atoms with Gasteiger partial charge in [-0.05, 0) is 37.4 Å². The Morgan fingerprint density at radius 3 is 2.45 bits per heavy atom. The first-order valence-corrected chi connectivity index (χ1v) is 7.99. The maximum atomic E-state index is 13.6. The van der Waals surface area contributed by atoms with Crippen LogP contribution in [0.3, 0.4) is 0 Å².